The maximum Gasteiger partial charge on any atom is 0.309 e. The van der Waals surface area contributed by atoms with E-state index in [0.717, 1.165) is 36.7 Å². The highest BCUT2D eigenvalue weighted by Crippen LogP contribution is 2.52. The van der Waals surface area contributed by atoms with Crippen LogP contribution in [0.3, 0.4) is 0 Å². The quantitative estimate of drug-likeness (QED) is 0.894. The lowest BCUT2D eigenvalue weighted by Crippen LogP contribution is -2.58. The molecule has 0 radical (unpaired) electrons. The molecule has 2 bridgehead atoms. The Hall–Kier alpha value is -2.30. The summed E-state index contributed by atoms with van der Waals surface area (Å²) in [6.45, 7) is 2.79. The molecule has 0 aliphatic heterocycles. The number of rotatable bonds is 4. The highest BCUT2D eigenvalue weighted by molar-refractivity contribution is 5.99. The van der Waals surface area contributed by atoms with Gasteiger partial charge >= 0.3 is 5.97 Å². The molecular weight excluding hydrogens is 316 g/mol. The zero-order chi connectivity index (χ0) is 17.7. The van der Waals surface area contributed by atoms with E-state index in [1.165, 1.54) is 0 Å². The zero-order valence-electron chi connectivity index (χ0n) is 14.5. The van der Waals surface area contributed by atoms with Crippen LogP contribution in [0.2, 0.25) is 0 Å². The average molecular weight is 340 g/mol. The SMILES string of the molecule is CCn1c(C(=O)NC23CCC(C(=O)O)(CC2)CC3)cc2ccccc21. The Kier molecular flexibility index (Phi) is 3.63. The molecule has 5 heteroatoms. The molecule has 3 aliphatic carbocycles. The summed E-state index contributed by atoms with van der Waals surface area (Å²) in [5, 5.41) is 13.9. The minimum Gasteiger partial charge on any atom is -0.481 e. The first kappa shape index (κ1) is 16.2. The molecule has 1 aromatic carbocycles. The summed E-state index contributed by atoms with van der Waals surface area (Å²) >= 11 is 0. The van der Waals surface area contributed by atoms with Crippen LogP contribution in [0, 0.1) is 5.41 Å². The summed E-state index contributed by atoms with van der Waals surface area (Å²) < 4.78 is 2.05. The van der Waals surface area contributed by atoms with Crippen LogP contribution in [0.1, 0.15) is 55.9 Å². The van der Waals surface area contributed by atoms with Crippen LogP contribution in [0.15, 0.2) is 30.3 Å². The lowest BCUT2D eigenvalue weighted by Gasteiger charge is -2.51. The van der Waals surface area contributed by atoms with Crippen molar-refractivity contribution in [2.45, 2.75) is 57.5 Å². The van der Waals surface area contributed by atoms with Crippen molar-refractivity contribution in [2.75, 3.05) is 0 Å². The number of carboxylic acids is 1. The van der Waals surface area contributed by atoms with E-state index in [4.69, 9.17) is 0 Å². The van der Waals surface area contributed by atoms with Crippen molar-refractivity contribution >= 4 is 22.8 Å². The maximum atomic E-state index is 13.0. The molecule has 5 nitrogen and oxygen atoms in total. The van der Waals surface area contributed by atoms with E-state index >= 15 is 0 Å². The van der Waals surface area contributed by atoms with E-state index in [0.29, 0.717) is 25.0 Å². The van der Waals surface area contributed by atoms with Gasteiger partial charge in [0, 0.05) is 23.0 Å². The number of fused-ring (bicyclic) bond motifs is 4. The number of hydrogen-bond donors (Lipinski definition) is 2. The molecule has 0 atom stereocenters. The van der Waals surface area contributed by atoms with Crippen LogP contribution < -0.4 is 5.32 Å². The fraction of sp³-hybridized carbons (Fsp3) is 0.500. The molecule has 3 saturated carbocycles. The van der Waals surface area contributed by atoms with Crippen LogP contribution in [0.5, 0.6) is 0 Å². The van der Waals surface area contributed by atoms with E-state index in [1.54, 1.807) is 0 Å². The van der Waals surface area contributed by atoms with Gasteiger partial charge in [-0.05, 0) is 57.6 Å². The van der Waals surface area contributed by atoms with Crippen LogP contribution in [-0.4, -0.2) is 27.1 Å². The van der Waals surface area contributed by atoms with Crippen molar-refractivity contribution in [3.05, 3.63) is 36.0 Å². The van der Waals surface area contributed by atoms with Crippen LogP contribution in [0.4, 0.5) is 0 Å². The van der Waals surface area contributed by atoms with Gasteiger partial charge in [0.25, 0.3) is 5.91 Å². The fourth-order valence-electron chi connectivity index (χ4n) is 4.74. The van der Waals surface area contributed by atoms with Crippen LogP contribution in [-0.2, 0) is 11.3 Å². The number of aryl methyl sites for hydroxylation is 1. The van der Waals surface area contributed by atoms with Gasteiger partial charge in [-0.25, -0.2) is 0 Å². The van der Waals surface area contributed by atoms with Gasteiger partial charge in [-0.3, -0.25) is 9.59 Å². The minimum atomic E-state index is -0.668. The number of carbonyl (C=O) groups is 2. The van der Waals surface area contributed by atoms with E-state index in [9.17, 15) is 14.7 Å². The van der Waals surface area contributed by atoms with Gasteiger partial charge in [-0.1, -0.05) is 18.2 Å². The summed E-state index contributed by atoms with van der Waals surface area (Å²) in [4.78, 5) is 24.6. The second kappa shape index (κ2) is 5.61. The Bertz CT molecular complexity index is 827. The second-order valence-electron chi connectivity index (χ2n) is 7.65. The van der Waals surface area contributed by atoms with Gasteiger partial charge in [-0.2, -0.15) is 0 Å². The lowest BCUT2D eigenvalue weighted by atomic mass is 9.57. The third-order valence-corrected chi connectivity index (χ3v) is 6.44. The molecule has 0 spiro atoms. The molecule has 1 aromatic heterocycles. The number of nitrogens with one attached hydrogen (secondary N) is 1. The summed E-state index contributed by atoms with van der Waals surface area (Å²) in [5.41, 5.74) is 0.984. The Labute approximate surface area is 147 Å². The Morgan fingerprint density at radius 1 is 1.12 bits per heavy atom. The standard InChI is InChI=1S/C20H24N2O3/c1-2-22-15-6-4-3-5-14(15)13-16(22)17(23)21-20-10-7-19(8-11-20,9-12-20)18(24)25/h3-6,13H,2,7-12H2,1H3,(H,21,23)(H,24,25). The highest BCUT2D eigenvalue weighted by atomic mass is 16.4. The summed E-state index contributed by atoms with van der Waals surface area (Å²) in [6, 6.07) is 9.99. The van der Waals surface area contributed by atoms with Gasteiger partial charge in [0.05, 0.1) is 5.41 Å². The van der Waals surface area contributed by atoms with Crippen molar-refractivity contribution in [1.82, 2.24) is 9.88 Å². The van der Waals surface area contributed by atoms with Crippen LogP contribution >= 0.6 is 0 Å². The molecule has 3 aliphatic rings. The number of aliphatic carboxylic acids is 1. The monoisotopic (exact) mass is 340 g/mol. The molecule has 0 unspecified atom stereocenters. The Morgan fingerprint density at radius 3 is 2.36 bits per heavy atom. The molecule has 1 heterocycles. The zero-order valence-corrected chi connectivity index (χ0v) is 14.5. The first-order chi connectivity index (χ1) is 12.0. The third kappa shape index (κ3) is 2.44. The van der Waals surface area contributed by atoms with Crippen molar-refractivity contribution in [3.63, 3.8) is 0 Å². The van der Waals surface area contributed by atoms with E-state index in [2.05, 4.69) is 9.88 Å². The molecular formula is C20H24N2O3. The van der Waals surface area contributed by atoms with Gasteiger partial charge in [-0.15, -0.1) is 0 Å². The van der Waals surface area contributed by atoms with Gasteiger partial charge in [0.15, 0.2) is 0 Å². The Morgan fingerprint density at radius 2 is 1.76 bits per heavy atom. The molecule has 3 fully saturated rings. The van der Waals surface area contributed by atoms with Crippen molar-refractivity contribution in [3.8, 4) is 0 Å². The largest absolute Gasteiger partial charge is 0.481 e. The molecule has 2 N–H and O–H groups in total. The van der Waals surface area contributed by atoms with E-state index in [1.807, 2.05) is 37.3 Å². The molecule has 0 saturated heterocycles. The number of aromatic nitrogens is 1. The minimum absolute atomic E-state index is 0.0391. The summed E-state index contributed by atoms with van der Waals surface area (Å²) in [7, 11) is 0. The average Bonchev–Trinajstić information content (AvgIpc) is 3.01. The molecule has 5 rings (SSSR count). The van der Waals surface area contributed by atoms with Gasteiger partial charge in [0.2, 0.25) is 0 Å². The number of amides is 1. The van der Waals surface area contributed by atoms with Crippen molar-refractivity contribution < 1.29 is 14.7 Å². The number of nitrogens with zero attached hydrogens (tertiary/aromatic N) is 1. The van der Waals surface area contributed by atoms with E-state index in [-0.39, 0.29) is 11.4 Å². The number of carbonyl (C=O) groups excluding carboxylic acids is 1. The number of para-hydroxylation sites is 1. The maximum absolute atomic E-state index is 13.0. The predicted octanol–water partition coefficient (Wildman–Crippen LogP) is 3.57. The Balaban J connectivity index is 1.59. The van der Waals surface area contributed by atoms with Crippen LogP contribution in [0.25, 0.3) is 10.9 Å². The fourth-order valence-corrected chi connectivity index (χ4v) is 4.74. The lowest BCUT2D eigenvalue weighted by molar-refractivity contribution is -0.156. The summed E-state index contributed by atoms with van der Waals surface area (Å²) in [5.74, 6) is -0.707. The topological polar surface area (TPSA) is 71.3 Å². The number of benzene rings is 1. The third-order valence-electron chi connectivity index (χ3n) is 6.44. The smallest absolute Gasteiger partial charge is 0.309 e. The van der Waals surface area contributed by atoms with Crippen molar-refractivity contribution in [2.24, 2.45) is 5.41 Å². The second-order valence-corrected chi connectivity index (χ2v) is 7.65. The molecule has 2 aromatic rings. The first-order valence-corrected chi connectivity index (χ1v) is 9.13. The normalized spacial score (nSPS) is 28.2. The first-order valence-electron chi connectivity index (χ1n) is 9.13. The van der Waals surface area contributed by atoms with Gasteiger partial charge in [0.1, 0.15) is 5.69 Å². The predicted molar refractivity (Wildman–Crippen MR) is 95.6 cm³/mol. The molecule has 25 heavy (non-hydrogen) atoms. The van der Waals surface area contributed by atoms with E-state index < -0.39 is 11.4 Å². The highest BCUT2D eigenvalue weighted by Gasteiger charge is 2.53. The molecule has 1 amide bonds. The molecule has 132 valence electrons. The number of carboxylic acid groups (broad SMARTS) is 1. The van der Waals surface area contributed by atoms with Gasteiger partial charge < -0.3 is 15.0 Å². The number of hydrogen-bond acceptors (Lipinski definition) is 2. The summed E-state index contributed by atoms with van der Waals surface area (Å²) in [6.07, 6.45) is 4.28. The van der Waals surface area contributed by atoms with Crippen molar-refractivity contribution in [1.29, 1.82) is 0 Å².